The molecule has 1 aliphatic rings. The van der Waals surface area contributed by atoms with Gasteiger partial charge in [-0.25, -0.2) is 0 Å². The van der Waals surface area contributed by atoms with Crippen LogP contribution in [-0.2, 0) is 11.0 Å². The molecule has 1 fully saturated rings. The van der Waals surface area contributed by atoms with Crippen LogP contribution in [0.3, 0.4) is 0 Å². The van der Waals surface area contributed by atoms with E-state index in [1.54, 1.807) is 0 Å². The number of anilines is 1. The maximum atomic E-state index is 13.1. The molecule has 0 radical (unpaired) electrons. The number of likely N-dealkylation sites (tertiary alicyclic amines) is 1. The van der Waals surface area contributed by atoms with E-state index in [9.17, 15) is 18.0 Å². The molecule has 1 aliphatic heterocycles. The van der Waals surface area contributed by atoms with E-state index in [2.05, 4.69) is 10.2 Å². The number of carbonyl (C=O) groups is 1. The van der Waals surface area contributed by atoms with Gasteiger partial charge >= 0.3 is 6.18 Å². The Hall–Kier alpha value is -1.76. The second-order valence-corrected chi connectivity index (χ2v) is 5.80. The van der Waals surface area contributed by atoms with E-state index in [1.807, 2.05) is 7.05 Å². The third kappa shape index (κ3) is 4.86. The number of ether oxygens (including phenoxy) is 1. The Morgan fingerprint density at radius 3 is 2.74 bits per heavy atom. The highest BCUT2D eigenvalue weighted by Crippen LogP contribution is 2.38. The number of nitrogens with one attached hydrogen (secondary N) is 1. The fraction of sp³-hybridized carbons (Fsp3) is 0.562. The van der Waals surface area contributed by atoms with Crippen molar-refractivity contribution in [2.24, 2.45) is 0 Å². The van der Waals surface area contributed by atoms with Gasteiger partial charge in [-0.1, -0.05) is 0 Å². The predicted molar refractivity (Wildman–Crippen MR) is 81.5 cm³/mol. The van der Waals surface area contributed by atoms with Crippen molar-refractivity contribution >= 4 is 11.6 Å². The Morgan fingerprint density at radius 2 is 2.17 bits per heavy atom. The van der Waals surface area contributed by atoms with Gasteiger partial charge in [0.2, 0.25) is 5.91 Å². The normalized spacial score (nSPS) is 18.9. The first-order valence-electron chi connectivity index (χ1n) is 7.59. The largest absolute Gasteiger partial charge is 0.493 e. The maximum absolute atomic E-state index is 13.1. The molecule has 1 aromatic rings. The number of hydrogen-bond acceptors (Lipinski definition) is 3. The van der Waals surface area contributed by atoms with Gasteiger partial charge in [-0.05, 0) is 45.0 Å². The van der Waals surface area contributed by atoms with Crippen molar-refractivity contribution in [1.82, 2.24) is 4.90 Å². The summed E-state index contributed by atoms with van der Waals surface area (Å²) in [6, 6.07) is 3.73. The Bertz CT molecular complexity index is 561. The first-order chi connectivity index (χ1) is 10.8. The summed E-state index contributed by atoms with van der Waals surface area (Å²) in [7, 11) is 2.01. The van der Waals surface area contributed by atoms with Crippen LogP contribution in [0.1, 0.15) is 31.7 Å². The first kappa shape index (κ1) is 17.6. The molecule has 128 valence electrons. The monoisotopic (exact) mass is 330 g/mol. The van der Waals surface area contributed by atoms with Crippen LogP contribution in [0.25, 0.3) is 0 Å². The van der Waals surface area contributed by atoms with Crippen LogP contribution in [-0.4, -0.2) is 37.0 Å². The minimum Gasteiger partial charge on any atom is -0.493 e. The Kier molecular flexibility index (Phi) is 5.51. The third-order valence-electron chi connectivity index (χ3n) is 3.99. The average Bonchev–Trinajstić information content (AvgIpc) is 2.82. The van der Waals surface area contributed by atoms with E-state index in [1.165, 1.54) is 19.1 Å². The first-order valence-corrected chi connectivity index (χ1v) is 7.59. The van der Waals surface area contributed by atoms with E-state index in [0.717, 1.165) is 25.5 Å². The van der Waals surface area contributed by atoms with Crippen molar-refractivity contribution in [3.63, 3.8) is 0 Å². The minimum atomic E-state index is -4.49. The molecule has 0 unspecified atom stereocenters. The summed E-state index contributed by atoms with van der Waals surface area (Å²) in [6.45, 7) is 2.52. The number of rotatable bonds is 5. The van der Waals surface area contributed by atoms with Gasteiger partial charge in [-0.3, -0.25) is 4.79 Å². The molecule has 23 heavy (non-hydrogen) atoms. The molecular weight excluding hydrogens is 309 g/mol. The van der Waals surface area contributed by atoms with Gasteiger partial charge in [-0.2, -0.15) is 13.2 Å². The van der Waals surface area contributed by atoms with E-state index in [0.29, 0.717) is 18.2 Å². The number of hydrogen-bond donors (Lipinski definition) is 1. The van der Waals surface area contributed by atoms with Gasteiger partial charge in [0, 0.05) is 24.7 Å². The topological polar surface area (TPSA) is 41.6 Å². The summed E-state index contributed by atoms with van der Waals surface area (Å²) in [5.74, 6) is -0.590. The lowest BCUT2D eigenvalue weighted by Crippen LogP contribution is -2.26. The van der Waals surface area contributed by atoms with E-state index >= 15 is 0 Å². The van der Waals surface area contributed by atoms with Crippen molar-refractivity contribution in [2.45, 2.75) is 38.4 Å². The number of alkyl halides is 3. The zero-order chi connectivity index (χ0) is 17.0. The molecule has 4 nitrogen and oxygen atoms in total. The van der Waals surface area contributed by atoms with Gasteiger partial charge in [0.25, 0.3) is 0 Å². The zero-order valence-electron chi connectivity index (χ0n) is 13.2. The number of nitrogens with zero attached hydrogens (tertiary/aromatic N) is 1. The van der Waals surface area contributed by atoms with Gasteiger partial charge in [0.1, 0.15) is 5.75 Å². The Morgan fingerprint density at radius 1 is 1.43 bits per heavy atom. The third-order valence-corrected chi connectivity index (χ3v) is 3.99. The highest BCUT2D eigenvalue weighted by atomic mass is 19.4. The molecule has 0 bridgehead atoms. The van der Waals surface area contributed by atoms with Crippen LogP contribution in [0.5, 0.6) is 5.75 Å². The molecule has 1 amide bonds. The summed E-state index contributed by atoms with van der Waals surface area (Å²) < 4.78 is 44.6. The highest BCUT2D eigenvalue weighted by molar-refractivity contribution is 5.88. The molecule has 0 aromatic heterocycles. The molecule has 1 atom stereocenters. The van der Waals surface area contributed by atoms with Crippen molar-refractivity contribution in [3.8, 4) is 5.75 Å². The number of benzene rings is 1. The maximum Gasteiger partial charge on any atom is 0.419 e. The molecule has 1 aromatic carbocycles. The van der Waals surface area contributed by atoms with Gasteiger partial charge < -0.3 is 15.0 Å². The van der Waals surface area contributed by atoms with Crippen molar-refractivity contribution in [1.29, 1.82) is 0 Å². The van der Waals surface area contributed by atoms with Crippen LogP contribution in [0.2, 0.25) is 0 Å². The zero-order valence-corrected chi connectivity index (χ0v) is 13.2. The van der Waals surface area contributed by atoms with Gasteiger partial charge in [0.15, 0.2) is 0 Å². The molecule has 0 aliphatic carbocycles. The van der Waals surface area contributed by atoms with Crippen LogP contribution < -0.4 is 10.1 Å². The quantitative estimate of drug-likeness (QED) is 0.898. The van der Waals surface area contributed by atoms with Crippen LogP contribution in [0.4, 0.5) is 18.9 Å². The van der Waals surface area contributed by atoms with Crippen molar-refractivity contribution in [2.75, 3.05) is 25.5 Å². The lowest BCUT2D eigenvalue weighted by atomic mass is 10.1. The lowest BCUT2D eigenvalue weighted by Gasteiger charge is -2.20. The second-order valence-electron chi connectivity index (χ2n) is 5.80. The minimum absolute atomic E-state index is 0.210. The lowest BCUT2D eigenvalue weighted by molar-refractivity contribution is -0.139. The number of carbonyl (C=O) groups excluding carboxylic acids is 1. The van der Waals surface area contributed by atoms with Crippen molar-refractivity contribution in [3.05, 3.63) is 23.8 Å². The fourth-order valence-corrected chi connectivity index (χ4v) is 2.81. The van der Waals surface area contributed by atoms with E-state index in [4.69, 9.17) is 4.74 Å². The fourth-order valence-electron chi connectivity index (χ4n) is 2.81. The molecule has 7 heteroatoms. The standard InChI is InChI=1S/C16H21F3N2O2/c1-11(22)20-12-5-6-14(16(17,18)19)15(10-12)23-9-7-13-4-3-8-21(13)2/h5-6,10,13H,3-4,7-9H2,1-2H3,(H,20,22)/t13-/m1/s1. The molecule has 0 saturated carbocycles. The Labute approximate surface area is 133 Å². The van der Waals surface area contributed by atoms with Gasteiger partial charge in [-0.15, -0.1) is 0 Å². The number of amides is 1. The average molecular weight is 330 g/mol. The summed E-state index contributed by atoms with van der Waals surface area (Å²) >= 11 is 0. The summed E-state index contributed by atoms with van der Waals surface area (Å²) in [4.78, 5) is 13.2. The van der Waals surface area contributed by atoms with E-state index in [-0.39, 0.29) is 18.3 Å². The summed E-state index contributed by atoms with van der Waals surface area (Å²) in [5.41, 5.74) is -0.537. The smallest absolute Gasteiger partial charge is 0.419 e. The molecule has 1 N–H and O–H groups in total. The number of halogens is 3. The van der Waals surface area contributed by atoms with Gasteiger partial charge in [0.05, 0.1) is 12.2 Å². The molecule has 2 rings (SSSR count). The van der Waals surface area contributed by atoms with Crippen LogP contribution in [0.15, 0.2) is 18.2 Å². The molecular formula is C16H21F3N2O2. The SMILES string of the molecule is CC(=O)Nc1ccc(C(F)(F)F)c(OCC[C@H]2CCCN2C)c1. The summed E-state index contributed by atoms with van der Waals surface area (Å²) in [5, 5.41) is 2.47. The van der Waals surface area contributed by atoms with Crippen LogP contribution >= 0.6 is 0 Å². The second kappa shape index (κ2) is 7.21. The van der Waals surface area contributed by atoms with Crippen LogP contribution in [0, 0.1) is 0 Å². The molecule has 1 saturated heterocycles. The predicted octanol–water partition coefficient (Wildman–Crippen LogP) is 3.53. The summed E-state index contributed by atoms with van der Waals surface area (Å²) in [6.07, 6.45) is -1.67. The van der Waals surface area contributed by atoms with E-state index < -0.39 is 11.7 Å². The Balaban J connectivity index is 2.08. The molecule has 0 spiro atoms. The highest BCUT2D eigenvalue weighted by Gasteiger charge is 2.34. The van der Waals surface area contributed by atoms with Crippen molar-refractivity contribution < 1.29 is 22.7 Å². The molecule has 1 heterocycles.